The summed E-state index contributed by atoms with van der Waals surface area (Å²) in [6, 6.07) is -9.80. The van der Waals surface area contributed by atoms with Crippen LogP contribution in [0.2, 0.25) is 0 Å². The molecule has 9 N–H and O–H groups in total. The molecule has 0 radical (unpaired) electrons. The van der Waals surface area contributed by atoms with Gasteiger partial charge < -0.3 is 46.0 Å². The van der Waals surface area contributed by atoms with Crippen LogP contribution >= 0.6 is 0 Å². The van der Waals surface area contributed by atoms with Gasteiger partial charge in [0.2, 0.25) is 0 Å². The Labute approximate surface area is 211 Å². The van der Waals surface area contributed by atoms with Crippen molar-refractivity contribution in [2.24, 2.45) is 0 Å². The van der Waals surface area contributed by atoms with Crippen molar-refractivity contribution in [3.8, 4) is 0 Å². The van der Waals surface area contributed by atoms with Crippen molar-refractivity contribution < 1.29 is 84.3 Å². The second-order valence-corrected chi connectivity index (χ2v) is 8.10. The first-order valence-corrected chi connectivity index (χ1v) is 10.3. The van der Waals surface area contributed by atoms with Gasteiger partial charge in [0.15, 0.2) is 0 Å². The van der Waals surface area contributed by atoms with Crippen LogP contribution in [0.15, 0.2) is 0 Å². The number of aliphatic hydroxyl groups is 1. The second-order valence-electron chi connectivity index (χ2n) is 8.10. The third-order valence-corrected chi connectivity index (χ3v) is 5.12. The largest absolute Gasteiger partial charge is 0.481 e. The Balaban J connectivity index is 7.22. The van der Waals surface area contributed by atoms with Gasteiger partial charge in [-0.05, 0) is 6.92 Å². The summed E-state index contributed by atoms with van der Waals surface area (Å²) >= 11 is 0. The molecular formula is C19H26N2O17. The number of carboxylic acid groups (broad SMARTS) is 8. The van der Waals surface area contributed by atoms with Crippen LogP contribution in [-0.4, -0.2) is 140 Å². The molecular weight excluding hydrogens is 528 g/mol. The zero-order chi connectivity index (χ0) is 30.1. The quantitative estimate of drug-likeness (QED) is 0.0718. The highest BCUT2D eigenvalue weighted by Crippen LogP contribution is 2.28. The lowest BCUT2D eigenvalue weighted by Crippen LogP contribution is -2.67. The van der Waals surface area contributed by atoms with Crippen LogP contribution in [0.3, 0.4) is 0 Å². The zero-order valence-corrected chi connectivity index (χ0v) is 19.5. The molecule has 38 heavy (non-hydrogen) atoms. The van der Waals surface area contributed by atoms with Crippen LogP contribution in [-0.2, 0) is 38.4 Å². The molecule has 0 saturated carbocycles. The Morgan fingerprint density at radius 2 is 0.763 bits per heavy atom. The molecule has 19 heteroatoms. The second kappa shape index (κ2) is 13.8. The van der Waals surface area contributed by atoms with E-state index in [9.17, 15) is 63.9 Å². The summed E-state index contributed by atoms with van der Waals surface area (Å²) in [5.41, 5.74) is -3.12. The van der Waals surface area contributed by atoms with E-state index >= 15 is 0 Å². The molecule has 0 aliphatic carbocycles. The minimum absolute atomic E-state index is 0.0216. The number of carboxylic acids is 8. The lowest BCUT2D eigenvalue weighted by molar-refractivity contribution is -0.195. The maximum Gasteiger partial charge on any atom is 0.321 e. The maximum absolute atomic E-state index is 11.9. The molecule has 214 valence electrons. The Bertz CT molecular complexity index is 908. The Morgan fingerprint density at radius 1 is 0.526 bits per heavy atom. The molecule has 0 spiro atoms. The predicted molar refractivity (Wildman–Crippen MR) is 114 cm³/mol. The molecule has 0 fully saturated rings. The number of rotatable bonds is 19. The summed E-state index contributed by atoms with van der Waals surface area (Å²) < 4.78 is 0. The van der Waals surface area contributed by atoms with Crippen molar-refractivity contribution >= 4 is 47.8 Å². The average molecular weight is 554 g/mol. The smallest absolute Gasteiger partial charge is 0.321 e. The number of nitrogens with zero attached hydrogens (tertiary/aromatic N) is 2. The van der Waals surface area contributed by atoms with Crippen molar-refractivity contribution in [2.75, 3.05) is 6.54 Å². The van der Waals surface area contributed by atoms with Crippen molar-refractivity contribution in [3.05, 3.63) is 0 Å². The van der Waals surface area contributed by atoms with E-state index in [4.69, 9.17) is 20.4 Å². The first-order valence-electron chi connectivity index (χ1n) is 10.3. The van der Waals surface area contributed by atoms with E-state index in [0.717, 1.165) is 0 Å². The van der Waals surface area contributed by atoms with E-state index in [-0.39, 0.29) is 9.80 Å². The van der Waals surface area contributed by atoms with Gasteiger partial charge in [-0.1, -0.05) is 0 Å². The van der Waals surface area contributed by atoms with Crippen LogP contribution < -0.4 is 0 Å². The summed E-state index contributed by atoms with van der Waals surface area (Å²) in [7, 11) is 0. The minimum atomic E-state index is -3.12. The Hall–Kier alpha value is -4.36. The lowest BCUT2D eigenvalue weighted by Gasteiger charge is -2.46. The van der Waals surface area contributed by atoms with E-state index in [1.165, 1.54) is 0 Å². The minimum Gasteiger partial charge on any atom is -0.481 e. The van der Waals surface area contributed by atoms with Crippen LogP contribution in [0.25, 0.3) is 0 Å². The van der Waals surface area contributed by atoms with Crippen molar-refractivity contribution in [3.63, 3.8) is 0 Å². The van der Waals surface area contributed by atoms with E-state index in [1.54, 1.807) is 0 Å². The number of hydrogen-bond acceptors (Lipinski definition) is 11. The van der Waals surface area contributed by atoms with Crippen LogP contribution in [0, 0.1) is 0 Å². The molecule has 0 aromatic carbocycles. The molecule has 0 aromatic rings. The number of hydrogen-bond donors (Lipinski definition) is 9. The summed E-state index contributed by atoms with van der Waals surface area (Å²) in [6.45, 7) is -0.927. The standard InChI is InChI=1S/C19H26N2O17/c1-19(38,21(9(17(34)35)4-13(26)27)10(18(36)37)5-14(28)29)6-20(7(15(30)31)2-11(22)23)8(16(32)33)3-12(24)25/h7-10,38H,2-6H2,1H3,(H,22,23)(H,24,25)(H,26,27)(H,28,29)(H,30,31)(H,32,33)(H,34,35)(H,36,37). The van der Waals surface area contributed by atoms with Crippen molar-refractivity contribution in [2.45, 2.75) is 62.5 Å². The molecule has 0 aliphatic heterocycles. The highest BCUT2D eigenvalue weighted by atomic mass is 16.4. The summed E-state index contributed by atoms with van der Waals surface area (Å²) in [5.74, 6) is -15.6. The SMILES string of the molecule is CC(O)(CN(C(CC(=O)O)C(=O)O)C(CC(=O)O)C(=O)O)N(C(CC(=O)O)C(=O)O)C(CC(=O)O)C(=O)O. The van der Waals surface area contributed by atoms with Crippen LogP contribution in [0.5, 0.6) is 0 Å². The predicted octanol–water partition coefficient (Wildman–Crippen LogP) is -2.99. The van der Waals surface area contributed by atoms with Gasteiger partial charge in [0.05, 0.1) is 25.7 Å². The molecule has 5 unspecified atom stereocenters. The first kappa shape index (κ1) is 33.6. The topological polar surface area (TPSA) is 325 Å². The van der Waals surface area contributed by atoms with Gasteiger partial charge in [-0.2, -0.15) is 0 Å². The van der Waals surface area contributed by atoms with Gasteiger partial charge in [0.1, 0.15) is 29.9 Å². The average Bonchev–Trinajstić information content (AvgIpc) is 2.71. The summed E-state index contributed by atoms with van der Waals surface area (Å²) in [6.07, 6.45) is -5.65. The highest BCUT2D eigenvalue weighted by Gasteiger charge is 2.50. The van der Waals surface area contributed by atoms with Crippen molar-refractivity contribution in [1.82, 2.24) is 9.80 Å². The fourth-order valence-electron chi connectivity index (χ4n) is 3.72. The number of aliphatic carboxylic acids is 8. The third-order valence-electron chi connectivity index (χ3n) is 5.12. The van der Waals surface area contributed by atoms with E-state index < -0.39 is 110 Å². The Kier molecular flexibility index (Phi) is 12.2. The normalized spacial score (nSPS) is 16.0. The molecule has 0 bridgehead atoms. The molecule has 0 heterocycles. The van der Waals surface area contributed by atoms with Gasteiger partial charge in [0.25, 0.3) is 0 Å². The summed E-state index contributed by atoms with van der Waals surface area (Å²) in [4.78, 5) is 92.6. The van der Waals surface area contributed by atoms with Gasteiger partial charge in [0, 0.05) is 6.54 Å². The molecule has 0 amide bonds. The van der Waals surface area contributed by atoms with Gasteiger partial charge >= 0.3 is 47.8 Å². The molecule has 19 nitrogen and oxygen atoms in total. The highest BCUT2D eigenvalue weighted by molar-refractivity contribution is 5.85. The zero-order valence-electron chi connectivity index (χ0n) is 19.5. The van der Waals surface area contributed by atoms with Gasteiger partial charge in [-0.3, -0.25) is 43.3 Å². The van der Waals surface area contributed by atoms with Crippen molar-refractivity contribution in [1.29, 1.82) is 0 Å². The molecule has 5 atom stereocenters. The molecule has 0 aliphatic rings. The fourth-order valence-corrected chi connectivity index (χ4v) is 3.72. The summed E-state index contributed by atoms with van der Waals surface area (Å²) in [5, 5.41) is 85.9. The van der Waals surface area contributed by atoms with E-state index in [1.807, 2.05) is 0 Å². The molecule has 0 saturated heterocycles. The molecule has 0 aromatic heterocycles. The fraction of sp³-hybridized carbons (Fsp3) is 0.579. The van der Waals surface area contributed by atoms with Crippen LogP contribution in [0.4, 0.5) is 0 Å². The first-order chi connectivity index (χ1) is 17.2. The van der Waals surface area contributed by atoms with Crippen LogP contribution in [0.1, 0.15) is 32.6 Å². The Morgan fingerprint density at radius 3 is 0.974 bits per heavy atom. The van der Waals surface area contributed by atoms with Gasteiger partial charge in [-0.25, -0.2) is 4.90 Å². The lowest BCUT2D eigenvalue weighted by atomic mass is 9.98. The van der Waals surface area contributed by atoms with E-state index in [2.05, 4.69) is 0 Å². The molecule has 0 rings (SSSR count). The van der Waals surface area contributed by atoms with E-state index in [0.29, 0.717) is 6.92 Å². The monoisotopic (exact) mass is 554 g/mol. The number of carbonyl (C=O) groups is 8. The maximum atomic E-state index is 11.9. The third kappa shape index (κ3) is 9.95. The van der Waals surface area contributed by atoms with Gasteiger partial charge in [-0.15, -0.1) is 0 Å².